The Morgan fingerprint density at radius 3 is 1.85 bits per heavy atom. The van der Waals surface area contributed by atoms with Gasteiger partial charge in [0, 0.05) is 29.6 Å². The van der Waals surface area contributed by atoms with Crippen LogP contribution in [0.5, 0.6) is 0 Å². The zero-order chi connectivity index (χ0) is 42.7. The fourth-order valence-corrected chi connectivity index (χ4v) is 10.4. The molecule has 2 aromatic carbocycles. The Labute approximate surface area is 360 Å². The van der Waals surface area contributed by atoms with Crippen molar-refractivity contribution in [1.82, 2.24) is 50.6 Å². The lowest BCUT2D eigenvalue weighted by atomic mass is 9.83. The molecule has 0 unspecified atom stereocenters. The fraction of sp³-hybridized carbons (Fsp3) is 0.522. The molecule has 326 valence electrons. The van der Waals surface area contributed by atoms with E-state index in [-0.39, 0.29) is 35.7 Å². The first-order valence-corrected chi connectivity index (χ1v) is 22.4. The van der Waals surface area contributed by atoms with Crippen LogP contribution in [0.2, 0.25) is 0 Å². The number of imidazole rings is 2. The van der Waals surface area contributed by atoms with E-state index in [1.807, 2.05) is 52.3 Å². The van der Waals surface area contributed by atoms with Crippen LogP contribution in [0.4, 0.5) is 9.59 Å². The third kappa shape index (κ3) is 8.43. The molecule has 62 heavy (non-hydrogen) atoms. The number of methoxy groups -OCH3 is 2. The first kappa shape index (κ1) is 41.3. The number of H-pyrrole nitrogens is 2. The molecule has 4 amide bonds. The van der Waals surface area contributed by atoms with Crippen LogP contribution in [0.15, 0.2) is 48.7 Å². The van der Waals surface area contributed by atoms with E-state index in [4.69, 9.17) is 19.4 Å². The molecule has 2 aliphatic carbocycles. The fourth-order valence-electron chi connectivity index (χ4n) is 10.4. The second-order valence-electron chi connectivity index (χ2n) is 17.4. The number of nitrogens with zero attached hydrogens (tertiary/aromatic N) is 6. The van der Waals surface area contributed by atoms with Crippen LogP contribution >= 0.6 is 0 Å². The van der Waals surface area contributed by atoms with Crippen LogP contribution in [0.25, 0.3) is 44.5 Å². The number of aromatic amines is 2. The molecular formula is C46H56N10O6. The van der Waals surface area contributed by atoms with Crippen molar-refractivity contribution in [1.29, 1.82) is 0 Å². The third-order valence-corrected chi connectivity index (χ3v) is 13.7. The Bertz CT molecular complexity index is 2440. The maximum atomic E-state index is 14.1. The number of ether oxygens (including phenoxy) is 2. The highest BCUT2D eigenvalue weighted by atomic mass is 16.5. The van der Waals surface area contributed by atoms with Crippen molar-refractivity contribution >= 4 is 45.9 Å². The summed E-state index contributed by atoms with van der Waals surface area (Å²) < 4.78 is 9.82. The third-order valence-electron chi connectivity index (χ3n) is 13.7. The number of benzene rings is 2. The number of hydrogen-bond donors (Lipinski definition) is 4. The van der Waals surface area contributed by atoms with Gasteiger partial charge in [-0.15, -0.1) is 10.2 Å². The predicted octanol–water partition coefficient (Wildman–Crippen LogP) is 7.50. The second-order valence-corrected chi connectivity index (χ2v) is 17.4. The Hall–Kier alpha value is -6.06. The lowest BCUT2D eigenvalue weighted by molar-refractivity contribution is -0.136. The van der Waals surface area contributed by atoms with Crippen LogP contribution < -0.4 is 10.6 Å². The average molecular weight is 845 g/mol. The lowest BCUT2D eigenvalue weighted by Gasteiger charge is -2.34. The van der Waals surface area contributed by atoms with E-state index in [0.717, 1.165) is 140 Å². The largest absolute Gasteiger partial charge is 0.453 e. The molecule has 3 aromatic heterocycles. The molecule has 5 heterocycles. The van der Waals surface area contributed by atoms with Crippen molar-refractivity contribution < 1.29 is 28.7 Å². The quantitative estimate of drug-likeness (QED) is 0.109. The zero-order valence-electron chi connectivity index (χ0n) is 35.5. The molecule has 4 aliphatic rings. The summed E-state index contributed by atoms with van der Waals surface area (Å²) in [6.45, 7) is 1.21. The van der Waals surface area contributed by atoms with Gasteiger partial charge in [-0.2, -0.15) is 0 Å². The molecule has 2 saturated heterocycles. The molecule has 16 nitrogen and oxygen atoms in total. The number of aromatic nitrogens is 6. The van der Waals surface area contributed by atoms with Gasteiger partial charge in [0.15, 0.2) is 0 Å². The monoisotopic (exact) mass is 844 g/mol. The van der Waals surface area contributed by atoms with Crippen LogP contribution in [-0.2, 0) is 19.1 Å². The summed E-state index contributed by atoms with van der Waals surface area (Å²) in [6, 6.07) is 12.3. The number of rotatable bonds is 10. The van der Waals surface area contributed by atoms with Gasteiger partial charge in [0.1, 0.15) is 23.7 Å². The van der Waals surface area contributed by atoms with Crippen molar-refractivity contribution in [2.45, 2.75) is 114 Å². The summed E-state index contributed by atoms with van der Waals surface area (Å²) in [5, 5.41) is 15.9. The molecule has 4 atom stereocenters. The number of alkyl carbamates (subject to hydrolysis) is 2. The van der Waals surface area contributed by atoms with E-state index in [1.54, 1.807) is 6.20 Å². The highest BCUT2D eigenvalue weighted by Crippen LogP contribution is 2.37. The minimum atomic E-state index is -0.623. The Kier molecular flexibility index (Phi) is 12.1. The summed E-state index contributed by atoms with van der Waals surface area (Å²) in [4.78, 5) is 73.3. The minimum absolute atomic E-state index is 0.0740. The van der Waals surface area contributed by atoms with Crippen LogP contribution in [-0.4, -0.2) is 103 Å². The number of carbonyl (C=O) groups is 4. The Balaban J connectivity index is 0.900. The number of fused-ring (bicyclic) bond motifs is 2. The standard InChI is InChI=1S/C46H56N10O6/c1-61-45(59)51-39(27-11-5-3-6-12-27)43(57)55-21-9-15-37(55)41-47-26-36(50-41)31-18-17-29-23-33(53-54-34(29)24-31)30-19-20-32-35(25-30)49-42(48-32)38-16-10-22-56(38)44(58)40(52-46(60)62-2)28-13-7-4-8-14-28/h17-20,23-28,37-40H,3-16,21-22H2,1-2H3,(H,47,50)(H,48,49)(H,51,59)(H,52,60)/t37-,38-,39-,40-/m0/s1. The van der Waals surface area contributed by atoms with Crippen LogP contribution in [0.3, 0.4) is 0 Å². The van der Waals surface area contributed by atoms with Gasteiger partial charge in [-0.25, -0.2) is 19.6 Å². The summed E-state index contributed by atoms with van der Waals surface area (Å²) in [5.74, 6) is 1.46. The Morgan fingerprint density at radius 2 is 1.24 bits per heavy atom. The van der Waals surface area contributed by atoms with E-state index in [2.05, 4.69) is 30.8 Å². The highest BCUT2D eigenvalue weighted by Gasteiger charge is 2.41. The SMILES string of the molecule is COC(=O)N[C@H](C(=O)N1CCC[C@H]1c1ncc(-c2ccc3cc(-c4ccc5nc([C@@H]6CCCN6C(=O)[C@@H](NC(=O)OC)C6CCCCC6)[nH]c5c4)nnc3c2)[nH]1)C1CCCCC1. The van der Waals surface area contributed by atoms with Crippen molar-refractivity contribution in [3.63, 3.8) is 0 Å². The van der Waals surface area contributed by atoms with Gasteiger partial charge < -0.3 is 39.9 Å². The predicted molar refractivity (Wildman–Crippen MR) is 231 cm³/mol. The van der Waals surface area contributed by atoms with E-state index >= 15 is 0 Å². The molecule has 0 radical (unpaired) electrons. The molecule has 0 bridgehead atoms. The smallest absolute Gasteiger partial charge is 0.407 e. The number of nitrogens with one attached hydrogen (secondary N) is 4. The number of carbonyl (C=O) groups excluding carboxylic acids is 4. The van der Waals surface area contributed by atoms with E-state index in [9.17, 15) is 19.2 Å². The summed E-state index contributed by atoms with van der Waals surface area (Å²) in [5.41, 5.74) is 5.68. The van der Waals surface area contributed by atoms with Crippen molar-refractivity contribution in [2.75, 3.05) is 27.3 Å². The maximum absolute atomic E-state index is 14.1. The topological polar surface area (TPSA) is 200 Å². The molecule has 2 aliphatic heterocycles. The zero-order valence-corrected chi connectivity index (χ0v) is 35.5. The number of hydrogen-bond acceptors (Lipinski definition) is 10. The van der Waals surface area contributed by atoms with Gasteiger partial charge in [0.2, 0.25) is 11.8 Å². The molecule has 0 spiro atoms. The van der Waals surface area contributed by atoms with E-state index in [0.29, 0.717) is 18.8 Å². The normalized spacial score (nSPS) is 20.9. The van der Waals surface area contributed by atoms with Gasteiger partial charge in [0.05, 0.1) is 60.4 Å². The molecule has 16 heteroatoms. The molecule has 5 aromatic rings. The van der Waals surface area contributed by atoms with E-state index < -0.39 is 24.3 Å². The summed E-state index contributed by atoms with van der Waals surface area (Å²) >= 11 is 0. The molecule has 2 saturated carbocycles. The Morgan fingerprint density at radius 1 is 0.645 bits per heavy atom. The van der Waals surface area contributed by atoms with Crippen LogP contribution in [0.1, 0.15) is 114 Å². The summed E-state index contributed by atoms with van der Waals surface area (Å²) in [6.07, 6.45) is 14.0. The summed E-state index contributed by atoms with van der Waals surface area (Å²) in [7, 11) is 2.66. The van der Waals surface area contributed by atoms with Crippen molar-refractivity contribution in [3.05, 3.63) is 60.3 Å². The average Bonchev–Trinajstić information content (AvgIpc) is 4.16. The molecule has 4 N–H and O–H groups in total. The first-order chi connectivity index (χ1) is 30.3. The maximum Gasteiger partial charge on any atom is 0.407 e. The van der Waals surface area contributed by atoms with Crippen LogP contribution in [0, 0.1) is 11.8 Å². The molecular weight excluding hydrogens is 789 g/mol. The van der Waals surface area contributed by atoms with Crippen molar-refractivity contribution in [3.8, 4) is 22.5 Å². The molecule has 9 rings (SSSR count). The number of likely N-dealkylation sites (tertiary alicyclic amines) is 2. The van der Waals surface area contributed by atoms with E-state index in [1.165, 1.54) is 14.2 Å². The minimum Gasteiger partial charge on any atom is -0.453 e. The molecule has 4 fully saturated rings. The van der Waals surface area contributed by atoms with Gasteiger partial charge >= 0.3 is 12.2 Å². The van der Waals surface area contributed by atoms with Crippen molar-refractivity contribution in [2.24, 2.45) is 11.8 Å². The van der Waals surface area contributed by atoms with Gasteiger partial charge in [-0.3, -0.25) is 9.59 Å². The lowest BCUT2D eigenvalue weighted by Crippen LogP contribution is -2.52. The van der Waals surface area contributed by atoms with Gasteiger partial charge in [-0.05, 0) is 87.5 Å². The van der Waals surface area contributed by atoms with Gasteiger partial charge in [-0.1, -0.05) is 56.7 Å². The second kappa shape index (κ2) is 18.1. The first-order valence-electron chi connectivity index (χ1n) is 22.4. The van der Waals surface area contributed by atoms with Gasteiger partial charge in [0.25, 0.3) is 0 Å². The number of amides is 4. The highest BCUT2D eigenvalue weighted by molar-refractivity contribution is 5.89.